The van der Waals surface area contributed by atoms with Crippen molar-refractivity contribution in [3.8, 4) is 0 Å². The normalized spacial score (nSPS) is 13.6. The molecule has 0 aliphatic heterocycles. The molecule has 3 heterocycles. The van der Waals surface area contributed by atoms with Crippen molar-refractivity contribution < 1.29 is 0 Å². The molecule has 0 saturated carbocycles. The summed E-state index contributed by atoms with van der Waals surface area (Å²) in [5, 5.41) is 4.32. The maximum Gasteiger partial charge on any atom is 0.264 e. The minimum Gasteiger partial charge on any atom is -0.348 e. The van der Waals surface area contributed by atoms with E-state index in [1.54, 1.807) is 11.3 Å². The highest BCUT2D eigenvalue weighted by Crippen LogP contribution is 2.34. The first-order chi connectivity index (χ1) is 17.1. The maximum absolute atomic E-state index is 13.7. The van der Waals surface area contributed by atoms with Crippen LogP contribution in [0.15, 0.2) is 59.4 Å². The van der Waals surface area contributed by atoms with Crippen LogP contribution in [0.1, 0.15) is 54.6 Å². The van der Waals surface area contributed by atoms with Crippen LogP contribution in [0, 0.1) is 0 Å². The van der Waals surface area contributed by atoms with Crippen molar-refractivity contribution in [3.05, 3.63) is 86.8 Å². The van der Waals surface area contributed by atoms with Crippen molar-refractivity contribution in [2.75, 3.05) is 5.32 Å². The molecule has 5 aromatic rings. The molecule has 0 atom stereocenters. The van der Waals surface area contributed by atoms with Gasteiger partial charge in [-0.3, -0.25) is 9.36 Å². The number of thiophene rings is 1. The Labute approximate surface area is 208 Å². The van der Waals surface area contributed by atoms with Gasteiger partial charge in [0.1, 0.15) is 10.7 Å². The van der Waals surface area contributed by atoms with Crippen LogP contribution in [-0.4, -0.2) is 19.1 Å². The summed E-state index contributed by atoms with van der Waals surface area (Å²) in [7, 11) is 0. The van der Waals surface area contributed by atoms with Crippen molar-refractivity contribution in [2.24, 2.45) is 0 Å². The highest BCUT2D eigenvalue weighted by molar-refractivity contribution is 7.18. The molecular formula is C28H29N5OS. The minimum atomic E-state index is 0.00387. The smallest absolute Gasteiger partial charge is 0.264 e. The Hall–Kier alpha value is -3.45. The van der Waals surface area contributed by atoms with Gasteiger partial charge in [0.25, 0.3) is 5.56 Å². The van der Waals surface area contributed by atoms with E-state index < -0.39 is 0 Å². The van der Waals surface area contributed by atoms with Crippen molar-refractivity contribution in [2.45, 2.75) is 58.7 Å². The first kappa shape index (κ1) is 22.0. The molecule has 1 aliphatic carbocycles. The fourth-order valence-corrected chi connectivity index (χ4v) is 6.43. The summed E-state index contributed by atoms with van der Waals surface area (Å²) < 4.78 is 4.06. The standard InChI is InChI=1S/C28H29N5OS/c1-18(2)33-27(34)25-20-12-6-9-15-23(20)35-26(25)31-28(33)29-16-24-30-21-13-7-8-14-22(21)32(24)17-19-10-4-3-5-11-19/h3-5,7-8,10-11,13-14,18H,6,9,12,15-17H2,1-2H3,(H,29,31). The van der Waals surface area contributed by atoms with Crippen molar-refractivity contribution in [3.63, 3.8) is 0 Å². The number of rotatable bonds is 6. The van der Waals surface area contributed by atoms with Gasteiger partial charge in [-0.05, 0) is 62.8 Å². The molecule has 0 unspecified atom stereocenters. The third-order valence-electron chi connectivity index (χ3n) is 6.86. The van der Waals surface area contributed by atoms with Crippen LogP contribution in [0.4, 0.5) is 5.95 Å². The topological polar surface area (TPSA) is 64.7 Å². The number of nitrogens with zero attached hydrogens (tertiary/aromatic N) is 4. The van der Waals surface area contributed by atoms with Gasteiger partial charge in [0.15, 0.2) is 0 Å². The van der Waals surface area contributed by atoms with Crippen LogP contribution in [-0.2, 0) is 25.9 Å². The predicted molar refractivity (Wildman–Crippen MR) is 144 cm³/mol. The lowest BCUT2D eigenvalue weighted by atomic mass is 9.97. The molecular weight excluding hydrogens is 454 g/mol. The molecule has 178 valence electrons. The number of benzene rings is 2. The Balaban J connectivity index is 1.40. The summed E-state index contributed by atoms with van der Waals surface area (Å²) in [6.45, 7) is 5.31. The van der Waals surface area contributed by atoms with Crippen molar-refractivity contribution in [1.29, 1.82) is 0 Å². The van der Waals surface area contributed by atoms with Gasteiger partial charge in [-0.25, -0.2) is 9.97 Å². The molecule has 0 amide bonds. The van der Waals surface area contributed by atoms with Gasteiger partial charge in [-0.1, -0.05) is 42.5 Å². The summed E-state index contributed by atoms with van der Waals surface area (Å²) >= 11 is 1.69. The quantitative estimate of drug-likeness (QED) is 0.325. The molecule has 2 aromatic carbocycles. The van der Waals surface area contributed by atoms with Gasteiger partial charge >= 0.3 is 0 Å². The predicted octanol–water partition coefficient (Wildman–Crippen LogP) is 5.93. The summed E-state index contributed by atoms with van der Waals surface area (Å²) in [4.78, 5) is 25.8. The van der Waals surface area contributed by atoms with E-state index in [1.165, 1.54) is 22.4 Å². The fraction of sp³-hybridized carbons (Fsp3) is 0.321. The second-order valence-corrected chi connectivity index (χ2v) is 10.6. The molecule has 7 heteroatoms. The zero-order chi connectivity index (χ0) is 23.9. The lowest BCUT2D eigenvalue weighted by Crippen LogP contribution is -2.27. The number of para-hydroxylation sites is 2. The number of hydrogen-bond donors (Lipinski definition) is 1. The first-order valence-electron chi connectivity index (χ1n) is 12.4. The van der Waals surface area contributed by atoms with Gasteiger partial charge in [-0.2, -0.15) is 0 Å². The van der Waals surface area contributed by atoms with Crippen molar-refractivity contribution >= 4 is 38.5 Å². The van der Waals surface area contributed by atoms with Gasteiger partial charge < -0.3 is 9.88 Å². The van der Waals surface area contributed by atoms with Crippen LogP contribution in [0.5, 0.6) is 0 Å². The van der Waals surface area contributed by atoms with Crippen LogP contribution in [0.2, 0.25) is 0 Å². The molecule has 0 spiro atoms. The number of aryl methyl sites for hydroxylation is 2. The molecule has 0 radical (unpaired) electrons. The van der Waals surface area contributed by atoms with E-state index in [1.807, 2.05) is 42.7 Å². The summed E-state index contributed by atoms with van der Waals surface area (Å²) in [5.74, 6) is 1.54. The van der Waals surface area contributed by atoms with Gasteiger partial charge in [-0.15, -0.1) is 11.3 Å². The molecule has 35 heavy (non-hydrogen) atoms. The van der Waals surface area contributed by atoms with Crippen molar-refractivity contribution in [1.82, 2.24) is 19.1 Å². The minimum absolute atomic E-state index is 0.00387. The van der Waals surface area contributed by atoms with E-state index in [0.717, 1.165) is 52.9 Å². The third-order valence-corrected chi connectivity index (χ3v) is 8.04. The number of fused-ring (bicyclic) bond motifs is 4. The SMILES string of the molecule is CC(C)n1c(NCc2nc3ccccc3n2Cc2ccccc2)nc2sc3c(c2c1=O)CCCC3. The molecule has 6 rings (SSSR count). The number of anilines is 1. The molecule has 6 nitrogen and oxygen atoms in total. The van der Waals surface area contributed by atoms with Gasteiger partial charge in [0.2, 0.25) is 5.95 Å². The molecule has 0 saturated heterocycles. The number of imidazole rings is 1. The largest absolute Gasteiger partial charge is 0.348 e. The lowest BCUT2D eigenvalue weighted by Gasteiger charge is -2.18. The third kappa shape index (κ3) is 3.93. The Morgan fingerprint density at radius 3 is 2.60 bits per heavy atom. The van der Waals surface area contributed by atoms with Gasteiger partial charge in [0.05, 0.1) is 23.0 Å². The Bertz CT molecular complexity index is 1580. The van der Waals surface area contributed by atoms with Crippen LogP contribution < -0.4 is 10.9 Å². The number of nitrogens with one attached hydrogen (secondary N) is 1. The van der Waals surface area contributed by atoms with Crippen LogP contribution >= 0.6 is 11.3 Å². The van der Waals surface area contributed by atoms with E-state index in [4.69, 9.17) is 9.97 Å². The molecule has 1 N–H and O–H groups in total. The van der Waals surface area contributed by atoms with E-state index in [2.05, 4.69) is 40.2 Å². The second kappa shape index (κ2) is 8.96. The van der Waals surface area contributed by atoms with Gasteiger partial charge in [0, 0.05) is 17.5 Å². The Kier molecular flexibility index (Phi) is 5.65. The zero-order valence-electron chi connectivity index (χ0n) is 20.1. The summed E-state index contributed by atoms with van der Waals surface area (Å²) in [6, 6.07) is 18.7. The number of hydrogen-bond acceptors (Lipinski definition) is 5. The van der Waals surface area contributed by atoms with Crippen LogP contribution in [0.25, 0.3) is 21.3 Å². The Morgan fingerprint density at radius 2 is 1.77 bits per heavy atom. The van der Waals surface area contributed by atoms with E-state index in [-0.39, 0.29) is 11.6 Å². The molecule has 1 aliphatic rings. The second-order valence-electron chi connectivity index (χ2n) is 9.54. The molecule has 0 fully saturated rings. The average molecular weight is 484 g/mol. The summed E-state index contributed by atoms with van der Waals surface area (Å²) in [5.41, 5.74) is 4.60. The highest BCUT2D eigenvalue weighted by atomic mass is 32.1. The molecule has 0 bridgehead atoms. The number of aromatic nitrogens is 4. The van der Waals surface area contributed by atoms with Crippen LogP contribution in [0.3, 0.4) is 0 Å². The zero-order valence-corrected chi connectivity index (χ0v) is 20.9. The van der Waals surface area contributed by atoms with E-state index in [9.17, 15) is 4.79 Å². The first-order valence-corrected chi connectivity index (χ1v) is 13.2. The average Bonchev–Trinajstić information content (AvgIpc) is 3.41. The monoisotopic (exact) mass is 483 g/mol. The molecule has 3 aromatic heterocycles. The fourth-order valence-electron chi connectivity index (χ4n) is 5.18. The van der Waals surface area contributed by atoms with E-state index in [0.29, 0.717) is 12.5 Å². The summed E-state index contributed by atoms with van der Waals surface area (Å²) in [6.07, 6.45) is 4.39. The Morgan fingerprint density at radius 1 is 1.00 bits per heavy atom. The lowest BCUT2D eigenvalue weighted by molar-refractivity contribution is 0.578. The maximum atomic E-state index is 13.7. The van der Waals surface area contributed by atoms with E-state index >= 15 is 0 Å². The highest BCUT2D eigenvalue weighted by Gasteiger charge is 2.23.